The molecule has 0 radical (unpaired) electrons. The van der Waals surface area contributed by atoms with E-state index in [1.807, 2.05) is 0 Å². The van der Waals surface area contributed by atoms with Crippen LogP contribution in [0.3, 0.4) is 0 Å². The maximum Gasteiger partial charge on any atom is 0.337 e. The lowest BCUT2D eigenvalue weighted by Crippen LogP contribution is -2.45. The largest absolute Gasteiger partial charge is 0.465 e. The average Bonchev–Trinajstić information content (AvgIpc) is 2.34. The van der Waals surface area contributed by atoms with Gasteiger partial charge in [-0.25, -0.2) is 4.79 Å². The van der Waals surface area contributed by atoms with Crippen molar-refractivity contribution < 1.29 is 14.3 Å². The van der Waals surface area contributed by atoms with E-state index in [1.165, 1.54) is 7.11 Å². The molecule has 0 unspecified atom stereocenters. The molecule has 90 valence electrons. The van der Waals surface area contributed by atoms with Crippen LogP contribution in [0.5, 0.6) is 0 Å². The maximum absolute atomic E-state index is 11.4. The zero-order valence-electron chi connectivity index (χ0n) is 9.07. The molecule has 0 saturated heterocycles. The van der Waals surface area contributed by atoms with Crippen molar-refractivity contribution in [1.29, 1.82) is 0 Å². The average molecular weight is 273 g/mol. The summed E-state index contributed by atoms with van der Waals surface area (Å²) in [7, 11) is 1.31. The lowest BCUT2D eigenvalue weighted by molar-refractivity contribution is -0.125. The SMILES string of the molecule is COC(=O)c1cccc([C@H]2CC(=O)C2(Cl)Cl)c1. The summed E-state index contributed by atoms with van der Waals surface area (Å²) >= 11 is 11.8. The first-order chi connectivity index (χ1) is 7.96. The fourth-order valence-electron chi connectivity index (χ4n) is 1.84. The molecule has 3 nitrogen and oxygen atoms in total. The number of carbonyl (C=O) groups excluding carboxylic acids is 2. The Morgan fingerprint density at radius 2 is 2.18 bits per heavy atom. The Kier molecular flexibility index (Phi) is 3.15. The molecule has 0 aromatic heterocycles. The van der Waals surface area contributed by atoms with Crippen LogP contribution in [0.25, 0.3) is 0 Å². The Labute approximate surface area is 109 Å². The van der Waals surface area contributed by atoms with Gasteiger partial charge in [-0.15, -0.1) is 0 Å². The Hall–Kier alpha value is -1.06. The van der Waals surface area contributed by atoms with E-state index in [0.29, 0.717) is 12.0 Å². The highest BCUT2D eigenvalue weighted by Crippen LogP contribution is 2.50. The van der Waals surface area contributed by atoms with E-state index in [4.69, 9.17) is 23.2 Å². The second kappa shape index (κ2) is 4.31. The number of Topliss-reactive ketones (excluding diaryl/α,β-unsaturated/α-hetero) is 1. The molecule has 0 N–H and O–H groups in total. The molecule has 1 aromatic rings. The zero-order chi connectivity index (χ0) is 12.6. The predicted octanol–water partition coefficient (Wildman–Crippen LogP) is 2.70. The molecule has 0 amide bonds. The number of hydrogen-bond donors (Lipinski definition) is 0. The summed E-state index contributed by atoms with van der Waals surface area (Å²) < 4.78 is 3.26. The van der Waals surface area contributed by atoms with Gasteiger partial charge in [-0.1, -0.05) is 35.3 Å². The van der Waals surface area contributed by atoms with Crippen LogP contribution in [-0.2, 0) is 9.53 Å². The number of esters is 1. The summed E-state index contributed by atoms with van der Waals surface area (Å²) in [6, 6.07) is 6.81. The molecule has 0 aliphatic heterocycles. The minimum atomic E-state index is -1.37. The first kappa shape index (κ1) is 12.4. The second-order valence-corrected chi connectivity index (χ2v) is 5.31. The van der Waals surface area contributed by atoms with E-state index < -0.39 is 10.3 Å². The lowest BCUT2D eigenvalue weighted by atomic mass is 9.77. The molecular weight excluding hydrogens is 263 g/mol. The van der Waals surface area contributed by atoms with Crippen molar-refractivity contribution >= 4 is 35.0 Å². The molecule has 1 saturated carbocycles. The van der Waals surface area contributed by atoms with Crippen molar-refractivity contribution in [2.75, 3.05) is 7.11 Å². The van der Waals surface area contributed by atoms with Crippen LogP contribution in [0.1, 0.15) is 28.3 Å². The molecule has 0 heterocycles. The normalized spacial score (nSPS) is 21.8. The van der Waals surface area contributed by atoms with Gasteiger partial charge in [-0.05, 0) is 17.7 Å². The van der Waals surface area contributed by atoms with Crippen molar-refractivity contribution in [3.8, 4) is 0 Å². The number of rotatable bonds is 2. The van der Waals surface area contributed by atoms with Crippen LogP contribution in [-0.4, -0.2) is 23.2 Å². The van der Waals surface area contributed by atoms with Gasteiger partial charge in [0.1, 0.15) is 0 Å². The molecule has 1 aliphatic rings. The highest BCUT2D eigenvalue weighted by molar-refractivity contribution is 6.61. The molecule has 2 rings (SSSR count). The summed E-state index contributed by atoms with van der Waals surface area (Å²) in [4.78, 5) is 22.6. The van der Waals surface area contributed by atoms with E-state index in [0.717, 1.165) is 5.56 Å². The number of alkyl halides is 2. The van der Waals surface area contributed by atoms with Gasteiger partial charge >= 0.3 is 5.97 Å². The molecule has 1 aromatic carbocycles. The highest BCUT2D eigenvalue weighted by atomic mass is 35.5. The fraction of sp³-hybridized carbons (Fsp3) is 0.333. The Bertz CT molecular complexity index is 482. The van der Waals surface area contributed by atoms with E-state index in [1.54, 1.807) is 24.3 Å². The van der Waals surface area contributed by atoms with Crippen molar-refractivity contribution in [3.63, 3.8) is 0 Å². The molecule has 1 aliphatic carbocycles. The summed E-state index contributed by atoms with van der Waals surface area (Å²) in [6.45, 7) is 0. The maximum atomic E-state index is 11.4. The van der Waals surface area contributed by atoms with E-state index in [-0.39, 0.29) is 11.7 Å². The molecule has 5 heteroatoms. The number of benzene rings is 1. The van der Waals surface area contributed by atoms with Gasteiger partial charge < -0.3 is 4.74 Å². The van der Waals surface area contributed by atoms with Gasteiger partial charge in [0.05, 0.1) is 12.7 Å². The van der Waals surface area contributed by atoms with Crippen LogP contribution < -0.4 is 0 Å². The van der Waals surface area contributed by atoms with E-state index in [2.05, 4.69) is 4.74 Å². The number of halogens is 2. The minimum absolute atomic E-state index is 0.186. The number of ketones is 1. The molecule has 17 heavy (non-hydrogen) atoms. The monoisotopic (exact) mass is 272 g/mol. The number of carbonyl (C=O) groups is 2. The zero-order valence-corrected chi connectivity index (χ0v) is 10.6. The van der Waals surface area contributed by atoms with Crippen molar-refractivity contribution in [1.82, 2.24) is 0 Å². The van der Waals surface area contributed by atoms with Gasteiger partial charge in [0.15, 0.2) is 10.1 Å². The first-order valence-electron chi connectivity index (χ1n) is 5.06. The van der Waals surface area contributed by atoms with Gasteiger partial charge in [-0.3, -0.25) is 4.79 Å². The van der Waals surface area contributed by atoms with E-state index >= 15 is 0 Å². The Morgan fingerprint density at radius 1 is 1.47 bits per heavy atom. The topological polar surface area (TPSA) is 43.4 Å². The van der Waals surface area contributed by atoms with Crippen LogP contribution in [0.2, 0.25) is 0 Å². The smallest absolute Gasteiger partial charge is 0.337 e. The highest BCUT2D eigenvalue weighted by Gasteiger charge is 2.53. The lowest BCUT2D eigenvalue weighted by Gasteiger charge is -2.38. The summed E-state index contributed by atoms with van der Waals surface area (Å²) in [6.07, 6.45) is 0.303. The van der Waals surface area contributed by atoms with Crippen molar-refractivity contribution in [3.05, 3.63) is 35.4 Å². The third-order valence-corrected chi connectivity index (χ3v) is 3.86. The standard InChI is InChI=1S/C12H10Cl2O3/c1-17-11(16)8-4-2-3-7(5-8)9-6-10(15)12(9,13)14/h2-5,9H,6H2,1H3/t9-/m1/s1. The van der Waals surface area contributed by atoms with Crippen LogP contribution in [0.4, 0.5) is 0 Å². The Balaban J connectivity index is 2.29. The summed E-state index contributed by atoms with van der Waals surface area (Å²) in [5.41, 5.74) is 1.20. The van der Waals surface area contributed by atoms with Crippen molar-refractivity contribution in [2.24, 2.45) is 0 Å². The fourth-order valence-corrected chi connectivity index (χ4v) is 2.40. The third kappa shape index (κ3) is 2.05. The van der Waals surface area contributed by atoms with Gasteiger partial charge in [0, 0.05) is 12.3 Å². The molecule has 0 spiro atoms. The Morgan fingerprint density at radius 3 is 2.71 bits per heavy atom. The van der Waals surface area contributed by atoms with Gasteiger partial charge in [-0.2, -0.15) is 0 Å². The van der Waals surface area contributed by atoms with E-state index in [9.17, 15) is 9.59 Å². The quantitative estimate of drug-likeness (QED) is 0.614. The van der Waals surface area contributed by atoms with Gasteiger partial charge in [0.2, 0.25) is 0 Å². The van der Waals surface area contributed by atoms with Crippen LogP contribution in [0.15, 0.2) is 24.3 Å². The third-order valence-electron chi connectivity index (χ3n) is 2.91. The molecule has 1 fully saturated rings. The molecular formula is C12H10Cl2O3. The number of ether oxygens (including phenoxy) is 1. The first-order valence-corrected chi connectivity index (χ1v) is 5.82. The second-order valence-electron chi connectivity index (χ2n) is 3.92. The summed E-state index contributed by atoms with van der Waals surface area (Å²) in [5, 5.41) is 0. The summed E-state index contributed by atoms with van der Waals surface area (Å²) in [5.74, 6) is -0.871. The number of hydrogen-bond acceptors (Lipinski definition) is 3. The number of methoxy groups -OCH3 is 1. The van der Waals surface area contributed by atoms with Crippen molar-refractivity contribution in [2.45, 2.75) is 16.7 Å². The molecule has 1 atom stereocenters. The van der Waals surface area contributed by atoms with Crippen LogP contribution >= 0.6 is 23.2 Å². The van der Waals surface area contributed by atoms with Gasteiger partial charge in [0.25, 0.3) is 0 Å². The predicted molar refractivity (Wildman–Crippen MR) is 64.6 cm³/mol. The van der Waals surface area contributed by atoms with Crippen LogP contribution in [0, 0.1) is 0 Å². The molecule has 0 bridgehead atoms. The minimum Gasteiger partial charge on any atom is -0.465 e.